The van der Waals surface area contributed by atoms with Crippen LogP contribution in [-0.2, 0) is 17.8 Å². The van der Waals surface area contributed by atoms with Crippen molar-refractivity contribution in [2.24, 2.45) is 11.8 Å². The molecule has 1 aromatic heterocycles. The molecule has 2 bridgehead atoms. The maximum absolute atomic E-state index is 13.2. The summed E-state index contributed by atoms with van der Waals surface area (Å²) in [6, 6.07) is 13.9. The minimum atomic E-state index is -0.374. The first-order valence-electron chi connectivity index (χ1n) is 11.0. The molecule has 2 aromatic rings. The highest BCUT2D eigenvalue weighted by Gasteiger charge is 2.55. The van der Waals surface area contributed by atoms with Crippen molar-refractivity contribution in [1.29, 1.82) is 0 Å². The zero-order chi connectivity index (χ0) is 22.1. The lowest BCUT2D eigenvalue weighted by Gasteiger charge is -2.38. The van der Waals surface area contributed by atoms with Gasteiger partial charge in [-0.1, -0.05) is 42.5 Å². The molecule has 0 unspecified atom stereocenters. The van der Waals surface area contributed by atoms with Gasteiger partial charge < -0.3 is 14.6 Å². The lowest BCUT2D eigenvalue weighted by Crippen LogP contribution is -2.47. The first-order valence-corrected chi connectivity index (χ1v) is 11.0. The van der Waals surface area contributed by atoms with E-state index in [4.69, 9.17) is 0 Å². The zero-order valence-corrected chi connectivity index (χ0v) is 18.4. The third kappa shape index (κ3) is 3.75. The van der Waals surface area contributed by atoms with Crippen LogP contribution in [0.2, 0.25) is 0 Å². The summed E-state index contributed by atoms with van der Waals surface area (Å²) in [7, 11) is 3.52. The van der Waals surface area contributed by atoms with Gasteiger partial charge in [-0.3, -0.25) is 14.5 Å². The number of allylic oxidation sites excluding steroid dienone is 1. The maximum atomic E-state index is 13.2. The Hall–Kier alpha value is -2.70. The average Bonchev–Trinajstić information content (AvgIpc) is 2.99. The lowest BCUT2D eigenvalue weighted by molar-refractivity contribution is -0.135. The van der Waals surface area contributed by atoms with Gasteiger partial charge in [-0.25, -0.2) is 0 Å². The molecule has 1 N–H and O–H groups in total. The monoisotopic (exact) mass is 421 g/mol. The number of hydrogen-bond donors (Lipinski definition) is 1. The SMILES string of the molecule is C/C=C/c1ccc2n(c1=O)C[C@H]1[C@H](CO)[C@@H](C(=O)N(C)C)[C@@H]2N1CCc1ccccc1. The number of aliphatic hydroxyl groups excluding tert-OH is 1. The molecule has 0 radical (unpaired) electrons. The van der Waals surface area contributed by atoms with Crippen molar-refractivity contribution in [1.82, 2.24) is 14.4 Å². The van der Waals surface area contributed by atoms with Gasteiger partial charge in [0.15, 0.2) is 0 Å². The van der Waals surface area contributed by atoms with Crippen LogP contribution in [-0.4, -0.2) is 58.7 Å². The Labute approximate surface area is 183 Å². The fourth-order valence-corrected chi connectivity index (χ4v) is 5.34. The number of amides is 1. The zero-order valence-electron chi connectivity index (χ0n) is 18.4. The second-order valence-corrected chi connectivity index (χ2v) is 8.72. The van der Waals surface area contributed by atoms with E-state index in [-0.39, 0.29) is 42.0 Å². The number of fused-ring (bicyclic) bond motifs is 4. The standard InChI is InChI=1S/C25H31N3O3/c1-4-8-18-11-12-20-23-22(25(31)26(2)3)19(16-29)21(15-28(20)24(18)30)27(23)14-13-17-9-6-5-7-10-17/h4-12,19,21-23,29H,13-16H2,1-3H3/b8-4+/t19-,21-,22+,23+/m0/s1. The Morgan fingerprint density at radius 3 is 2.58 bits per heavy atom. The molecule has 1 amide bonds. The number of nitrogens with zero attached hydrogens (tertiary/aromatic N) is 3. The van der Waals surface area contributed by atoms with Gasteiger partial charge in [0.2, 0.25) is 5.91 Å². The number of hydrogen-bond acceptors (Lipinski definition) is 4. The number of carbonyl (C=O) groups is 1. The van der Waals surface area contributed by atoms with Crippen molar-refractivity contribution in [3.05, 3.63) is 75.7 Å². The first kappa shape index (κ1) is 21.5. The number of aliphatic hydroxyl groups is 1. The Kier molecular flexibility index (Phi) is 6.12. The largest absolute Gasteiger partial charge is 0.396 e. The third-order valence-corrected chi connectivity index (χ3v) is 6.77. The van der Waals surface area contributed by atoms with E-state index < -0.39 is 0 Å². The van der Waals surface area contributed by atoms with Crippen LogP contribution in [0.3, 0.4) is 0 Å². The van der Waals surface area contributed by atoms with Crippen LogP contribution in [0, 0.1) is 11.8 Å². The Bertz CT molecular complexity index is 1030. The van der Waals surface area contributed by atoms with Gasteiger partial charge in [-0.05, 0) is 31.0 Å². The van der Waals surface area contributed by atoms with E-state index in [0.29, 0.717) is 12.1 Å². The quantitative estimate of drug-likeness (QED) is 0.777. The summed E-state index contributed by atoms with van der Waals surface area (Å²) in [6.07, 6.45) is 4.54. The number of rotatable bonds is 6. The van der Waals surface area contributed by atoms with E-state index in [1.807, 2.05) is 54.0 Å². The van der Waals surface area contributed by atoms with Gasteiger partial charge in [-0.2, -0.15) is 0 Å². The molecule has 2 aliphatic heterocycles. The molecule has 6 nitrogen and oxygen atoms in total. The van der Waals surface area contributed by atoms with Crippen molar-refractivity contribution in [3.63, 3.8) is 0 Å². The van der Waals surface area contributed by atoms with Gasteiger partial charge in [0.05, 0.1) is 12.0 Å². The molecule has 2 aliphatic rings. The molecular formula is C25H31N3O3. The molecule has 4 rings (SSSR count). The minimum Gasteiger partial charge on any atom is -0.396 e. The summed E-state index contributed by atoms with van der Waals surface area (Å²) >= 11 is 0. The summed E-state index contributed by atoms with van der Waals surface area (Å²) < 4.78 is 1.83. The van der Waals surface area contributed by atoms with Gasteiger partial charge in [0, 0.05) is 57.0 Å². The highest BCUT2D eigenvalue weighted by atomic mass is 16.3. The van der Waals surface area contributed by atoms with E-state index in [2.05, 4.69) is 17.0 Å². The van der Waals surface area contributed by atoms with Crippen LogP contribution in [0.4, 0.5) is 0 Å². The van der Waals surface area contributed by atoms with E-state index in [1.165, 1.54) is 5.56 Å². The second-order valence-electron chi connectivity index (χ2n) is 8.72. The molecule has 4 atom stereocenters. The van der Waals surface area contributed by atoms with Gasteiger partial charge in [-0.15, -0.1) is 0 Å². The van der Waals surface area contributed by atoms with Crippen LogP contribution in [0.1, 0.15) is 29.8 Å². The Morgan fingerprint density at radius 1 is 1.19 bits per heavy atom. The van der Waals surface area contributed by atoms with Crippen molar-refractivity contribution < 1.29 is 9.90 Å². The van der Waals surface area contributed by atoms with E-state index in [0.717, 1.165) is 18.7 Å². The molecule has 0 saturated carbocycles. The Balaban J connectivity index is 1.78. The van der Waals surface area contributed by atoms with Crippen LogP contribution in [0.25, 0.3) is 6.08 Å². The minimum absolute atomic E-state index is 0.00897. The Morgan fingerprint density at radius 2 is 1.94 bits per heavy atom. The van der Waals surface area contributed by atoms with Gasteiger partial charge >= 0.3 is 0 Å². The smallest absolute Gasteiger partial charge is 0.258 e. The molecule has 3 heterocycles. The van der Waals surface area contributed by atoms with E-state index >= 15 is 0 Å². The molecule has 6 heteroatoms. The van der Waals surface area contributed by atoms with Gasteiger partial charge in [0.1, 0.15) is 0 Å². The van der Waals surface area contributed by atoms with Crippen LogP contribution in [0.5, 0.6) is 0 Å². The summed E-state index contributed by atoms with van der Waals surface area (Å²) in [5.41, 5.74) is 2.74. The highest BCUT2D eigenvalue weighted by Crippen LogP contribution is 2.48. The van der Waals surface area contributed by atoms with Gasteiger partial charge in [0.25, 0.3) is 5.56 Å². The first-order chi connectivity index (χ1) is 15.0. The predicted octanol–water partition coefficient (Wildman–Crippen LogP) is 2.18. The molecule has 31 heavy (non-hydrogen) atoms. The summed E-state index contributed by atoms with van der Waals surface area (Å²) in [5.74, 6) is -0.573. The second kappa shape index (κ2) is 8.81. The summed E-state index contributed by atoms with van der Waals surface area (Å²) in [6.45, 7) is 3.09. The molecule has 1 saturated heterocycles. The molecule has 1 fully saturated rings. The van der Waals surface area contributed by atoms with E-state index in [9.17, 15) is 14.7 Å². The fraction of sp³-hybridized carbons (Fsp3) is 0.440. The predicted molar refractivity (Wildman–Crippen MR) is 122 cm³/mol. The molecule has 164 valence electrons. The average molecular weight is 422 g/mol. The molecular weight excluding hydrogens is 390 g/mol. The molecule has 1 aromatic carbocycles. The maximum Gasteiger partial charge on any atom is 0.258 e. The van der Waals surface area contributed by atoms with E-state index in [1.54, 1.807) is 19.0 Å². The van der Waals surface area contributed by atoms with Crippen molar-refractivity contribution in [3.8, 4) is 0 Å². The van der Waals surface area contributed by atoms with Crippen LogP contribution < -0.4 is 5.56 Å². The van der Waals surface area contributed by atoms with Crippen molar-refractivity contribution in [2.75, 3.05) is 27.2 Å². The lowest BCUT2D eigenvalue weighted by atomic mass is 9.86. The number of aromatic nitrogens is 1. The van der Waals surface area contributed by atoms with Crippen molar-refractivity contribution in [2.45, 2.75) is 32.0 Å². The number of carbonyl (C=O) groups excluding carboxylic acids is 1. The van der Waals surface area contributed by atoms with Crippen LogP contribution >= 0.6 is 0 Å². The third-order valence-electron chi connectivity index (χ3n) is 6.77. The van der Waals surface area contributed by atoms with Crippen LogP contribution in [0.15, 0.2) is 53.3 Å². The van der Waals surface area contributed by atoms with Crippen molar-refractivity contribution >= 4 is 12.0 Å². The highest BCUT2D eigenvalue weighted by molar-refractivity contribution is 5.80. The summed E-state index contributed by atoms with van der Waals surface area (Å²) in [5, 5.41) is 10.3. The number of benzene rings is 1. The normalized spacial score (nSPS) is 25.0. The number of pyridine rings is 1. The molecule has 0 spiro atoms. The fourth-order valence-electron chi connectivity index (χ4n) is 5.34. The topological polar surface area (TPSA) is 65.8 Å². The summed E-state index contributed by atoms with van der Waals surface area (Å²) in [4.78, 5) is 30.3. The molecule has 0 aliphatic carbocycles.